The van der Waals surface area contributed by atoms with E-state index in [1.807, 2.05) is 13.8 Å². The van der Waals surface area contributed by atoms with Gasteiger partial charge < -0.3 is 29.4 Å². The van der Waals surface area contributed by atoms with Crippen LogP contribution in [0.5, 0.6) is 5.75 Å². The first kappa shape index (κ1) is 29.8. The predicted octanol–water partition coefficient (Wildman–Crippen LogP) is 3.51. The molecule has 6 rings (SSSR count). The normalized spacial score (nSPS) is 36.4. The van der Waals surface area contributed by atoms with Crippen molar-refractivity contribution in [1.82, 2.24) is 5.32 Å². The largest absolute Gasteiger partial charge is 0.508 e. The van der Waals surface area contributed by atoms with Gasteiger partial charge in [0.1, 0.15) is 11.8 Å². The fourth-order valence-electron chi connectivity index (χ4n) is 6.98. The molecule has 1 spiro atoms. The molecule has 4 aliphatic heterocycles. The van der Waals surface area contributed by atoms with Crippen molar-refractivity contribution in [1.29, 1.82) is 0 Å². The highest BCUT2D eigenvalue weighted by atomic mass is 17.3. The number of esters is 2. The first-order chi connectivity index (χ1) is 19.5. The van der Waals surface area contributed by atoms with Gasteiger partial charge in [0.05, 0.1) is 13.0 Å². The van der Waals surface area contributed by atoms with Gasteiger partial charge in [-0.2, -0.15) is 0 Å². The predicted molar refractivity (Wildman–Crippen MR) is 143 cm³/mol. The minimum atomic E-state index is -0.936. The highest BCUT2D eigenvalue weighted by Gasteiger charge is 2.69. The number of nitrogens with one attached hydrogen (secondary N) is 1. The smallest absolute Gasteiger partial charge is 0.328 e. The summed E-state index contributed by atoms with van der Waals surface area (Å²) in [5, 5.41) is 12.2. The van der Waals surface area contributed by atoms with Crippen molar-refractivity contribution in [3.05, 3.63) is 29.8 Å². The molecule has 41 heavy (non-hydrogen) atoms. The number of hydrogen-bond acceptors (Lipinski definition) is 10. The fraction of sp³-hybridized carbons (Fsp3) is 0.700. The van der Waals surface area contributed by atoms with Crippen molar-refractivity contribution in [2.75, 3.05) is 6.61 Å². The Morgan fingerprint density at radius 2 is 1.83 bits per heavy atom. The molecule has 11 nitrogen and oxygen atoms in total. The summed E-state index contributed by atoms with van der Waals surface area (Å²) >= 11 is 0. The topological polar surface area (TPSA) is 139 Å². The molecule has 1 amide bonds. The molecule has 5 fully saturated rings. The minimum absolute atomic E-state index is 0.0106. The lowest BCUT2D eigenvalue weighted by molar-refractivity contribution is -0.576. The first-order valence-corrected chi connectivity index (χ1v) is 14.7. The van der Waals surface area contributed by atoms with Crippen LogP contribution in [-0.4, -0.2) is 59.6 Å². The molecule has 4 heterocycles. The Morgan fingerprint density at radius 1 is 1.07 bits per heavy atom. The Labute approximate surface area is 240 Å². The van der Waals surface area contributed by atoms with Gasteiger partial charge in [0.25, 0.3) is 0 Å². The number of benzene rings is 1. The summed E-state index contributed by atoms with van der Waals surface area (Å²) in [6, 6.07) is 5.40. The molecule has 4 saturated heterocycles. The van der Waals surface area contributed by atoms with Gasteiger partial charge in [0, 0.05) is 31.1 Å². The highest BCUT2D eigenvalue weighted by molar-refractivity contribution is 5.86. The summed E-state index contributed by atoms with van der Waals surface area (Å²) in [5.41, 5.74) is -0.0195. The zero-order valence-electron chi connectivity index (χ0n) is 24.1. The first-order valence-electron chi connectivity index (χ1n) is 14.7. The zero-order valence-corrected chi connectivity index (χ0v) is 24.1. The molecule has 1 aliphatic carbocycles. The van der Waals surface area contributed by atoms with Crippen LogP contribution in [0, 0.1) is 23.7 Å². The lowest BCUT2D eigenvalue weighted by Crippen LogP contribution is -2.70. The minimum Gasteiger partial charge on any atom is -0.508 e. The summed E-state index contributed by atoms with van der Waals surface area (Å²) in [7, 11) is 0. The number of carbonyl (C=O) groups excluding carboxylic acids is 3. The number of hydrogen-bond donors (Lipinski definition) is 2. The van der Waals surface area contributed by atoms with Crippen molar-refractivity contribution in [2.24, 2.45) is 23.7 Å². The number of fused-ring (bicyclic) bond motifs is 2. The third kappa shape index (κ3) is 5.95. The van der Waals surface area contributed by atoms with Gasteiger partial charge in [-0.05, 0) is 62.6 Å². The number of aromatic hydroxyl groups is 1. The van der Waals surface area contributed by atoms with Crippen LogP contribution in [0.3, 0.4) is 0 Å². The second kappa shape index (κ2) is 11.9. The van der Waals surface area contributed by atoms with Gasteiger partial charge in [-0.1, -0.05) is 26.0 Å². The van der Waals surface area contributed by atoms with E-state index in [1.54, 1.807) is 19.1 Å². The molecule has 1 aromatic rings. The molecule has 2 N–H and O–H groups in total. The van der Waals surface area contributed by atoms with E-state index in [9.17, 15) is 19.5 Å². The maximum atomic E-state index is 12.9. The number of rotatable bonds is 9. The molecule has 5 aliphatic rings. The van der Waals surface area contributed by atoms with Crippen molar-refractivity contribution in [3.63, 3.8) is 0 Å². The second-order valence-electron chi connectivity index (χ2n) is 12.0. The van der Waals surface area contributed by atoms with Crippen LogP contribution < -0.4 is 5.32 Å². The molecular weight excluding hydrogens is 534 g/mol. The molecule has 0 unspecified atom stereocenters. The number of phenols is 1. The number of phenolic OH excluding ortho intramolecular Hbond substituents is 1. The lowest BCUT2D eigenvalue weighted by atomic mass is 9.58. The van der Waals surface area contributed by atoms with Gasteiger partial charge in [0.2, 0.25) is 18.0 Å². The fourth-order valence-corrected chi connectivity index (χ4v) is 6.98. The van der Waals surface area contributed by atoms with Gasteiger partial charge in [0.15, 0.2) is 11.9 Å². The van der Waals surface area contributed by atoms with E-state index < -0.39 is 47.9 Å². The molecular formula is C30H41NO10. The number of amides is 1. The molecule has 1 saturated carbocycles. The Bertz CT molecular complexity index is 1130. The van der Waals surface area contributed by atoms with Crippen molar-refractivity contribution >= 4 is 17.8 Å². The van der Waals surface area contributed by atoms with Gasteiger partial charge in [-0.3, -0.25) is 9.59 Å². The summed E-state index contributed by atoms with van der Waals surface area (Å²) in [6.45, 7) is 7.90. The third-order valence-electron chi connectivity index (χ3n) is 9.18. The van der Waals surface area contributed by atoms with E-state index in [-0.39, 0.29) is 49.4 Å². The number of carbonyl (C=O) groups is 3. The van der Waals surface area contributed by atoms with Crippen LogP contribution >= 0.6 is 0 Å². The van der Waals surface area contributed by atoms with E-state index in [1.165, 1.54) is 12.1 Å². The van der Waals surface area contributed by atoms with Crippen LogP contribution in [0.25, 0.3) is 0 Å². The standard InChI is InChI=1S/C30H41NO10/c1-5-36-26(35)23(16-19-7-9-20(32)10-8-19)31-24(33)12-13-25(34)37-27-18(3)22-11-6-17(2)21-14-15-29(4)39-28(38-27)30(21,22)41-40-29/h7-10,17-18,21-23,27-28,32H,5-6,11-16H2,1-4H3,(H,31,33)/t17-,18-,21+,22+,23+,27-,28-,29-,30-/m1/s1. The Balaban J connectivity index is 1.19. The van der Waals surface area contributed by atoms with Crippen molar-refractivity contribution < 1.29 is 48.2 Å². The molecule has 1 aromatic carbocycles. The van der Waals surface area contributed by atoms with E-state index >= 15 is 0 Å². The molecule has 0 radical (unpaired) electrons. The number of ether oxygens (including phenoxy) is 4. The average molecular weight is 576 g/mol. The van der Waals surface area contributed by atoms with Gasteiger partial charge >= 0.3 is 11.9 Å². The molecule has 226 valence electrons. The van der Waals surface area contributed by atoms with Gasteiger partial charge in [-0.25, -0.2) is 14.6 Å². The van der Waals surface area contributed by atoms with Crippen molar-refractivity contribution in [2.45, 2.75) is 103 Å². The lowest BCUT2D eigenvalue weighted by Gasteiger charge is -2.59. The molecule has 9 atom stereocenters. The quantitative estimate of drug-likeness (QED) is 0.332. The Morgan fingerprint density at radius 3 is 2.56 bits per heavy atom. The Hall–Kier alpha value is -2.73. The van der Waals surface area contributed by atoms with Crippen LogP contribution in [0.1, 0.15) is 71.8 Å². The SMILES string of the molecule is CCOC(=O)[C@H](Cc1ccc(O)cc1)NC(=O)CCC(=O)O[C@@H]1O[C@@H]2O[C@@]3(C)CC[C@H]4[C@H](C)CC[C@@H]([C@H]1C)[C@@]24OO3. The van der Waals surface area contributed by atoms with Gasteiger partial charge in [-0.15, -0.1) is 0 Å². The summed E-state index contributed by atoms with van der Waals surface area (Å²) in [4.78, 5) is 50.0. The molecule has 2 bridgehead atoms. The maximum absolute atomic E-state index is 12.9. The maximum Gasteiger partial charge on any atom is 0.328 e. The van der Waals surface area contributed by atoms with Crippen LogP contribution in [0.2, 0.25) is 0 Å². The molecule has 11 heteroatoms. The zero-order chi connectivity index (χ0) is 29.4. The molecule has 0 aromatic heterocycles. The summed E-state index contributed by atoms with van der Waals surface area (Å²) < 4.78 is 23.5. The van der Waals surface area contributed by atoms with E-state index in [0.717, 1.165) is 24.8 Å². The second-order valence-corrected chi connectivity index (χ2v) is 12.0. The van der Waals surface area contributed by atoms with E-state index in [0.29, 0.717) is 12.3 Å². The summed E-state index contributed by atoms with van der Waals surface area (Å²) in [5.74, 6) is -2.02. The summed E-state index contributed by atoms with van der Waals surface area (Å²) in [6.07, 6.45) is 1.72. The average Bonchev–Trinajstić information content (AvgIpc) is 3.17. The monoisotopic (exact) mass is 575 g/mol. The van der Waals surface area contributed by atoms with E-state index in [4.69, 9.17) is 28.7 Å². The van der Waals surface area contributed by atoms with Crippen LogP contribution in [-0.2, 0) is 49.5 Å². The van der Waals surface area contributed by atoms with E-state index in [2.05, 4.69) is 12.2 Å². The third-order valence-corrected chi connectivity index (χ3v) is 9.18. The van der Waals surface area contributed by atoms with Crippen molar-refractivity contribution in [3.8, 4) is 5.75 Å². The van der Waals surface area contributed by atoms with Crippen LogP contribution in [0.15, 0.2) is 24.3 Å². The Kier molecular flexibility index (Phi) is 8.61. The highest BCUT2D eigenvalue weighted by Crippen LogP contribution is 2.60. The van der Waals surface area contributed by atoms with Crippen LogP contribution in [0.4, 0.5) is 0 Å².